The van der Waals surface area contributed by atoms with Gasteiger partial charge in [-0.3, -0.25) is 0 Å². The molecule has 2 nitrogen and oxygen atoms in total. The van der Waals surface area contributed by atoms with Crippen LogP contribution in [0.1, 0.15) is 24.1 Å². The lowest BCUT2D eigenvalue weighted by atomic mass is 10.1. The van der Waals surface area contributed by atoms with E-state index in [1.807, 2.05) is 19.1 Å². The summed E-state index contributed by atoms with van der Waals surface area (Å²) in [6.07, 6.45) is 0. The van der Waals surface area contributed by atoms with E-state index in [2.05, 4.69) is 43.2 Å². The molecule has 2 aromatic carbocycles. The minimum absolute atomic E-state index is 0.0415. The third-order valence-electron chi connectivity index (χ3n) is 2.92. The van der Waals surface area contributed by atoms with Gasteiger partial charge in [-0.1, -0.05) is 22.0 Å². The first-order valence-corrected chi connectivity index (χ1v) is 7.51. The Kier molecular flexibility index (Phi) is 4.79. The standard InChI is InChI=1S/C15H11Br2FN2/c1-9(10-2-4-14(18)13(17)7-10)20-15-5-3-12(16)6-11(15)8-19/h2-7,9,20H,1H3. The van der Waals surface area contributed by atoms with Crippen LogP contribution in [-0.4, -0.2) is 0 Å². The summed E-state index contributed by atoms with van der Waals surface area (Å²) in [5, 5.41) is 12.4. The lowest BCUT2D eigenvalue weighted by Gasteiger charge is -2.17. The highest BCUT2D eigenvalue weighted by Gasteiger charge is 2.10. The Hall–Kier alpha value is -1.38. The SMILES string of the molecule is CC(Nc1ccc(Br)cc1C#N)c1ccc(F)c(Br)c1. The van der Waals surface area contributed by atoms with Crippen molar-refractivity contribution in [1.82, 2.24) is 0 Å². The van der Waals surface area contributed by atoms with E-state index in [1.54, 1.807) is 18.2 Å². The molecule has 2 aromatic rings. The molecule has 102 valence electrons. The molecule has 1 N–H and O–H groups in total. The molecule has 0 aliphatic heterocycles. The zero-order valence-electron chi connectivity index (χ0n) is 10.6. The van der Waals surface area contributed by atoms with E-state index in [9.17, 15) is 4.39 Å². The fourth-order valence-corrected chi connectivity index (χ4v) is 2.59. The Morgan fingerprint density at radius 2 is 1.95 bits per heavy atom. The molecule has 0 aliphatic carbocycles. The van der Waals surface area contributed by atoms with E-state index in [4.69, 9.17) is 5.26 Å². The Bertz CT molecular complexity index is 680. The second-order valence-electron chi connectivity index (χ2n) is 4.34. The van der Waals surface area contributed by atoms with E-state index in [0.717, 1.165) is 15.7 Å². The van der Waals surface area contributed by atoms with Crippen molar-refractivity contribution in [2.45, 2.75) is 13.0 Å². The first kappa shape index (κ1) is 15.0. The third kappa shape index (κ3) is 3.38. The molecule has 0 spiro atoms. The molecular weight excluding hydrogens is 387 g/mol. The summed E-state index contributed by atoms with van der Waals surface area (Å²) in [5.41, 5.74) is 2.25. The van der Waals surface area contributed by atoms with Crippen molar-refractivity contribution in [3.05, 3.63) is 62.3 Å². The molecule has 0 saturated heterocycles. The second-order valence-corrected chi connectivity index (χ2v) is 6.11. The van der Waals surface area contributed by atoms with Crippen LogP contribution in [0, 0.1) is 17.1 Å². The summed E-state index contributed by atoms with van der Waals surface area (Å²) in [6.45, 7) is 1.96. The number of nitriles is 1. The first-order chi connectivity index (χ1) is 9.51. The minimum Gasteiger partial charge on any atom is -0.377 e. The Morgan fingerprint density at radius 1 is 1.20 bits per heavy atom. The van der Waals surface area contributed by atoms with Gasteiger partial charge < -0.3 is 5.32 Å². The molecule has 0 heterocycles. The van der Waals surface area contributed by atoms with Crippen LogP contribution in [0.4, 0.5) is 10.1 Å². The van der Waals surface area contributed by atoms with E-state index < -0.39 is 0 Å². The molecule has 0 aromatic heterocycles. The molecule has 1 unspecified atom stereocenters. The number of rotatable bonds is 3. The molecule has 0 fully saturated rings. The lowest BCUT2D eigenvalue weighted by Crippen LogP contribution is -2.08. The van der Waals surface area contributed by atoms with Gasteiger partial charge in [0.25, 0.3) is 0 Å². The third-order valence-corrected chi connectivity index (χ3v) is 4.02. The van der Waals surface area contributed by atoms with Crippen LogP contribution in [0.5, 0.6) is 0 Å². The van der Waals surface area contributed by atoms with E-state index in [-0.39, 0.29) is 11.9 Å². The summed E-state index contributed by atoms with van der Waals surface area (Å²) in [7, 11) is 0. The van der Waals surface area contributed by atoms with Gasteiger partial charge in [0.1, 0.15) is 11.9 Å². The zero-order valence-corrected chi connectivity index (χ0v) is 13.8. The molecule has 1 atom stereocenters. The van der Waals surface area contributed by atoms with Gasteiger partial charge in [-0.05, 0) is 58.7 Å². The number of halogens is 3. The molecule has 0 radical (unpaired) electrons. The van der Waals surface area contributed by atoms with Crippen molar-refractivity contribution in [2.75, 3.05) is 5.32 Å². The maximum atomic E-state index is 13.2. The molecule has 5 heteroatoms. The monoisotopic (exact) mass is 396 g/mol. The molecule has 0 saturated carbocycles. The van der Waals surface area contributed by atoms with Gasteiger partial charge >= 0.3 is 0 Å². The smallest absolute Gasteiger partial charge is 0.137 e. The number of hydrogen-bond donors (Lipinski definition) is 1. The average Bonchev–Trinajstić information content (AvgIpc) is 2.43. The van der Waals surface area contributed by atoms with E-state index >= 15 is 0 Å². The van der Waals surface area contributed by atoms with Crippen LogP contribution in [0.3, 0.4) is 0 Å². The number of anilines is 1. The van der Waals surface area contributed by atoms with Crippen molar-refractivity contribution in [3.8, 4) is 6.07 Å². The fourth-order valence-electron chi connectivity index (χ4n) is 1.83. The minimum atomic E-state index is -0.290. The summed E-state index contributed by atoms with van der Waals surface area (Å²) in [5.74, 6) is -0.290. The van der Waals surface area contributed by atoms with Gasteiger partial charge in [0.05, 0.1) is 15.7 Å². The number of nitrogens with zero attached hydrogens (tertiary/aromatic N) is 1. The molecule has 0 bridgehead atoms. The highest BCUT2D eigenvalue weighted by atomic mass is 79.9. The van der Waals surface area contributed by atoms with Crippen molar-refractivity contribution in [3.63, 3.8) is 0 Å². The van der Waals surface area contributed by atoms with Gasteiger partial charge in [0.2, 0.25) is 0 Å². The van der Waals surface area contributed by atoms with Gasteiger partial charge in [0.15, 0.2) is 0 Å². The van der Waals surface area contributed by atoms with Gasteiger partial charge in [-0.2, -0.15) is 5.26 Å². The molecule has 0 aliphatic rings. The predicted molar refractivity (Wildman–Crippen MR) is 85.0 cm³/mol. The average molecular weight is 398 g/mol. The van der Waals surface area contributed by atoms with Gasteiger partial charge in [-0.25, -0.2) is 4.39 Å². The van der Waals surface area contributed by atoms with Crippen LogP contribution >= 0.6 is 31.9 Å². The Balaban J connectivity index is 2.25. The number of hydrogen-bond acceptors (Lipinski definition) is 2. The van der Waals surface area contributed by atoms with Crippen LogP contribution in [-0.2, 0) is 0 Å². The second kappa shape index (κ2) is 6.38. The molecule has 0 amide bonds. The Morgan fingerprint density at radius 3 is 2.60 bits per heavy atom. The van der Waals surface area contributed by atoms with Gasteiger partial charge in [0, 0.05) is 10.5 Å². The molecule has 20 heavy (non-hydrogen) atoms. The highest BCUT2D eigenvalue weighted by molar-refractivity contribution is 9.10. The summed E-state index contributed by atoms with van der Waals surface area (Å²) >= 11 is 6.52. The van der Waals surface area contributed by atoms with Crippen molar-refractivity contribution in [2.24, 2.45) is 0 Å². The first-order valence-electron chi connectivity index (χ1n) is 5.92. The quantitative estimate of drug-likeness (QED) is 0.752. The zero-order chi connectivity index (χ0) is 14.7. The Labute approximate surface area is 133 Å². The van der Waals surface area contributed by atoms with Crippen LogP contribution in [0.15, 0.2) is 45.3 Å². The fraction of sp³-hybridized carbons (Fsp3) is 0.133. The maximum Gasteiger partial charge on any atom is 0.137 e. The van der Waals surface area contributed by atoms with E-state index in [1.165, 1.54) is 6.07 Å². The van der Waals surface area contributed by atoms with Crippen LogP contribution in [0.25, 0.3) is 0 Å². The van der Waals surface area contributed by atoms with Crippen molar-refractivity contribution >= 4 is 37.5 Å². The topological polar surface area (TPSA) is 35.8 Å². The summed E-state index contributed by atoms with van der Waals surface area (Å²) in [6, 6.07) is 12.5. The van der Waals surface area contributed by atoms with Crippen molar-refractivity contribution in [1.29, 1.82) is 5.26 Å². The summed E-state index contributed by atoms with van der Waals surface area (Å²) < 4.78 is 14.5. The normalized spacial score (nSPS) is 11.8. The van der Waals surface area contributed by atoms with E-state index in [0.29, 0.717) is 10.0 Å². The number of nitrogens with one attached hydrogen (secondary N) is 1. The number of benzene rings is 2. The largest absolute Gasteiger partial charge is 0.377 e. The van der Waals surface area contributed by atoms with Crippen molar-refractivity contribution < 1.29 is 4.39 Å². The van der Waals surface area contributed by atoms with Gasteiger partial charge in [-0.15, -0.1) is 0 Å². The maximum absolute atomic E-state index is 13.2. The molecule has 2 rings (SSSR count). The molecular formula is C15H11Br2FN2. The van der Waals surface area contributed by atoms with Crippen LogP contribution in [0.2, 0.25) is 0 Å². The highest BCUT2D eigenvalue weighted by Crippen LogP contribution is 2.27. The summed E-state index contributed by atoms with van der Waals surface area (Å²) in [4.78, 5) is 0. The lowest BCUT2D eigenvalue weighted by molar-refractivity contribution is 0.619. The van der Waals surface area contributed by atoms with Crippen LogP contribution < -0.4 is 5.32 Å². The predicted octanol–water partition coefficient (Wildman–Crippen LogP) is 5.40.